The van der Waals surface area contributed by atoms with Crippen LogP contribution in [0.15, 0.2) is 0 Å². The second kappa shape index (κ2) is 4.40. The molecule has 1 aliphatic heterocycles. The van der Waals surface area contributed by atoms with Gasteiger partial charge in [0.25, 0.3) is 0 Å². The lowest BCUT2D eigenvalue weighted by Crippen LogP contribution is -2.55. The van der Waals surface area contributed by atoms with E-state index in [-0.39, 0.29) is 11.5 Å². The van der Waals surface area contributed by atoms with Gasteiger partial charge in [-0.3, -0.25) is 4.90 Å². The zero-order valence-corrected chi connectivity index (χ0v) is 9.91. The lowest BCUT2D eigenvalue weighted by atomic mass is 9.72. The molecule has 3 heteroatoms. The van der Waals surface area contributed by atoms with Crippen LogP contribution >= 0.6 is 0 Å². The van der Waals surface area contributed by atoms with Crippen LogP contribution in [0.5, 0.6) is 0 Å². The van der Waals surface area contributed by atoms with Crippen molar-refractivity contribution in [2.45, 2.75) is 45.3 Å². The highest BCUT2D eigenvalue weighted by molar-refractivity contribution is 4.93. The topological polar surface area (TPSA) is 32.7 Å². The van der Waals surface area contributed by atoms with Crippen molar-refractivity contribution in [3.8, 4) is 0 Å². The molecule has 0 aromatic carbocycles. The maximum absolute atomic E-state index is 10.4. The van der Waals surface area contributed by atoms with Crippen molar-refractivity contribution in [3.05, 3.63) is 0 Å². The maximum Gasteiger partial charge on any atom is 0.0746 e. The molecule has 0 bridgehead atoms. The van der Waals surface area contributed by atoms with Gasteiger partial charge in [-0.2, -0.15) is 0 Å². The summed E-state index contributed by atoms with van der Waals surface area (Å²) in [5.74, 6) is 0. The molecular weight excluding hydrogens is 190 g/mol. The molecule has 0 aromatic rings. The fourth-order valence-electron chi connectivity index (χ4n) is 2.88. The third kappa shape index (κ3) is 2.35. The van der Waals surface area contributed by atoms with Crippen LogP contribution < -0.4 is 0 Å². The molecule has 1 heterocycles. The molecule has 0 radical (unpaired) electrons. The van der Waals surface area contributed by atoms with Crippen LogP contribution in [0.1, 0.15) is 33.1 Å². The van der Waals surface area contributed by atoms with E-state index in [0.717, 1.165) is 39.1 Å². The number of hydrogen-bond acceptors (Lipinski definition) is 3. The van der Waals surface area contributed by atoms with Gasteiger partial charge in [-0.15, -0.1) is 0 Å². The third-order valence-corrected chi connectivity index (χ3v) is 4.00. The van der Waals surface area contributed by atoms with E-state index < -0.39 is 0 Å². The number of aliphatic hydroxyl groups is 1. The van der Waals surface area contributed by atoms with Gasteiger partial charge in [-0.05, 0) is 18.3 Å². The second-order valence-electron chi connectivity index (χ2n) is 5.54. The summed E-state index contributed by atoms with van der Waals surface area (Å²) in [5.41, 5.74) is 0.0845. The maximum atomic E-state index is 10.4. The lowest BCUT2D eigenvalue weighted by molar-refractivity contribution is -0.0822. The van der Waals surface area contributed by atoms with Gasteiger partial charge in [0, 0.05) is 19.1 Å². The van der Waals surface area contributed by atoms with Gasteiger partial charge >= 0.3 is 0 Å². The van der Waals surface area contributed by atoms with E-state index in [0.29, 0.717) is 6.04 Å². The second-order valence-corrected chi connectivity index (χ2v) is 5.54. The van der Waals surface area contributed by atoms with E-state index in [2.05, 4.69) is 18.7 Å². The summed E-state index contributed by atoms with van der Waals surface area (Å²) in [7, 11) is 0. The van der Waals surface area contributed by atoms with Crippen molar-refractivity contribution in [3.63, 3.8) is 0 Å². The van der Waals surface area contributed by atoms with E-state index in [1.165, 1.54) is 6.42 Å². The Morgan fingerprint density at radius 3 is 2.60 bits per heavy atom. The van der Waals surface area contributed by atoms with Crippen molar-refractivity contribution in [1.29, 1.82) is 0 Å². The Kier molecular flexibility index (Phi) is 3.33. The molecule has 0 aromatic heterocycles. The Morgan fingerprint density at radius 1 is 1.27 bits per heavy atom. The van der Waals surface area contributed by atoms with Crippen LogP contribution in [0.3, 0.4) is 0 Å². The molecule has 1 aliphatic carbocycles. The van der Waals surface area contributed by atoms with Crippen molar-refractivity contribution < 1.29 is 9.84 Å². The number of hydrogen-bond donors (Lipinski definition) is 1. The summed E-state index contributed by atoms with van der Waals surface area (Å²) in [4.78, 5) is 2.41. The van der Waals surface area contributed by atoms with Crippen LogP contribution in [-0.2, 0) is 4.74 Å². The van der Waals surface area contributed by atoms with Crippen molar-refractivity contribution in [2.24, 2.45) is 5.41 Å². The van der Waals surface area contributed by atoms with Crippen LogP contribution in [0.2, 0.25) is 0 Å². The predicted molar refractivity (Wildman–Crippen MR) is 59.8 cm³/mol. The monoisotopic (exact) mass is 213 g/mol. The molecule has 2 atom stereocenters. The summed E-state index contributed by atoms with van der Waals surface area (Å²) in [6.07, 6.45) is 3.36. The Labute approximate surface area is 92.4 Å². The van der Waals surface area contributed by atoms with Crippen LogP contribution in [0, 0.1) is 5.41 Å². The third-order valence-electron chi connectivity index (χ3n) is 4.00. The van der Waals surface area contributed by atoms with Crippen molar-refractivity contribution in [1.82, 2.24) is 4.90 Å². The largest absolute Gasteiger partial charge is 0.391 e. The lowest BCUT2D eigenvalue weighted by Gasteiger charge is -2.46. The fraction of sp³-hybridized carbons (Fsp3) is 1.00. The van der Waals surface area contributed by atoms with Crippen LogP contribution in [0.25, 0.3) is 0 Å². The minimum Gasteiger partial charge on any atom is -0.391 e. The molecule has 2 aliphatic rings. The average Bonchev–Trinajstić information content (AvgIpc) is 2.23. The summed E-state index contributed by atoms with van der Waals surface area (Å²) in [5, 5.41) is 10.4. The fourth-order valence-corrected chi connectivity index (χ4v) is 2.88. The first kappa shape index (κ1) is 11.4. The molecule has 3 nitrogen and oxygen atoms in total. The van der Waals surface area contributed by atoms with Gasteiger partial charge in [-0.1, -0.05) is 20.3 Å². The zero-order chi connectivity index (χ0) is 10.9. The summed E-state index contributed by atoms with van der Waals surface area (Å²) in [6.45, 7) is 7.98. The van der Waals surface area contributed by atoms with Crippen molar-refractivity contribution >= 4 is 0 Å². The van der Waals surface area contributed by atoms with E-state index in [9.17, 15) is 5.11 Å². The van der Waals surface area contributed by atoms with Crippen molar-refractivity contribution in [2.75, 3.05) is 26.3 Å². The van der Waals surface area contributed by atoms with Gasteiger partial charge in [0.05, 0.1) is 19.3 Å². The number of nitrogens with zero attached hydrogens (tertiary/aromatic N) is 1. The summed E-state index contributed by atoms with van der Waals surface area (Å²) in [6, 6.07) is 0.359. The quantitative estimate of drug-likeness (QED) is 0.712. The smallest absolute Gasteiger partial charge is 0.0746 e. The Hall–Kier alpha value is -0.120. The van der Waals surface area contributed by atoms with Gasteiger partial charge < -0.3 is 9.84 Å². The number of rotatable bonds is 1. The summed E-state index contributed by atoms with van der Waals surface area (Å²) < 4.78 is 5.35. The highest BCUT2D eigenvalue weighted by atomic mass is 16.5. The Balaban J connectivity index is 2.00. The van der Waals surface area contributed by atoms with E-state index in [1.54, 1.807) is 0 Å². The van der Waals surface area contributed by atoms with Gasteiger partial charge in [0.2, 0.25) is 0 Å². The zero-order valence-electron chi connectivity index (χ0n) is 9.91. The van der Waals surface area contributed by atoms with E-state index >= 15 is 0 Å². The molecule has 2 fully saturated rings. The number of ether oxygens (including phenoxy) is 1. The van der Waals surface area contributed by atoms with E-state index in [4.69, 9.17) is 4.74 Å². The SMILES string of the molecule is CC1(C)CCCC(N2CCOCC2)C1O. The number of aliphatic hydroxyl groups excluding tert-OH is 1. The normalized spacial score (nSPS) is 37.8. The molecule has 2 unspecified atom stereocenters. The van der Waals surface area contributed by atoms with Crippen LogP contribution in [-0.4, -0.2) is 48.5 Å². The molecule has 0 amide bonds. The predicted octanol–water partition coefficient (Wildman–Crippen LogP) is 1.26. The molecule has 1 saturated heterocycles. The highest BCUT2D eigenvalue weighted by Crippen LogP contribution is 2.37. The molecule has 15 heavy (non-hydrogen) atoms. The molecule has 0 spiro atoms. The van der Waals surface area contributed by atoms with E-state index in [1.807, 2.05) is 0 Å². The molecule has 2 rings (SSSR count). The van der Waals surface area contributed by atoms with Crippen LogP contribution in [0.4, 0.5) is 0 Å². The molecule has 1 saturated carbocycles. The molecule has 1 N–H and O–H groups in total. The first-order valence-electron chi connectivity index (χ1n) is 6.11. The molecular formula is C12H23NO2. The minimum atomic E-state index is -0.177. The Morgan fingerprint density at radius 2 is 1.93 bits per heavy atom. The van der Waals surface area contributed by atoms with Gasteiger partial charge in [0.15, 0.2) is 0 Å². The average molecular weight is 213 g/mol. The highest BCUT2D eigenvalue weighted by Gasteiger charge is 2.40. The molecule has 88 valence electrons. The minimum absolute atomic E-state index is 0.0845. The Bertz CT molecular complexity index is 212. The summed E-state index contributed by atoms with van der Waals surface area (Å²) >= 11 is 0. The standard InChI is InChI=1S/C12H23NO2/c1-12(2)5-3-4-10(11(12)14)13-6-8-15-9-7-13/h10-11,14H,3-9H2,1-2H3. The first-order chi connectivity index (χ1) is 7.11. The van der Waals surface area contributed by atoms with Gasteiger partial charge in [-0.25, -0.2) is 0 Å². The number of morpholine rings is 1. The van der Waals surface area contributed by atoms with Gasteiger partial charge in [0.1, 0.15) is 0 Å². The first-order valence-corrected chi connectivity index (χ1v) is 6.11.